The average Bonchev–Trinajstić information content (AvgIpc) is 3.47. The first-order valence-electron chi connectivity index (χ1n) is 14.6. The van der Waals surface area contributed by atoms with Crippen LogP contribution in [0, 0.1) is 18.3 Å². The fourth-order valence-electron chi connectivity index (χ4n) is 5.27. The Morgan fingerprint density at radius 3 is 2.60 bits per heavy atom. The summed E-state index contributed by atoms with van der Waals surface area (Å²) in [5.74, 6) is 1.42. The van der Waals surface area contributed by atoms with Crippen LogP contribution >= 0.6 is 23.2 Å². The number of halogens is 2. The van der Waals surface area contributed by atoms with Crippen LogP contribution in [0.2, 0.25) is 10.0 Å². The number of aldehydes is 1. The van der Waals surface area contributed by atoms with Gasteiger partial charge in [-0.2, -0.15) is 5.26 Å². The molecule has 1 aliphatic rings. The number of hydrogen-bond acceptors (Lipinski definition) is 8. The molecule has 1 saturated heterocycles. The Morgan fingerprint density at radius 2 is 1.82 bits per heavy atom. The second-order valence-electron chi connectivity index (χ2n) is 10.9. The van der Waals surface area contributed by atoms with Gasteiger partial charge in [0, 0.05) is 54.8 Å². The molecule has 232 valence electrons. The highest BCUT2D eigenvalue weighted by Gasteiger charge is 2.20. The maximum atomic E-state index is 11.7. The predicted molar refractivity (Wildman–Crippen MR) is 173 cm³/mol. The van der Waals surface area contributed by atoms with Crippen molar-refractivity contribution in [2.24, 2.45) is 0 Å². The van der Waals surface area contributed by atoms with E-state index in [0.29, 0.717) is 34.8 Å². The fourth-order valence-corrected chi connectivity index (χ4v) is 5.78. The second-order valence-corrected chi connectivity index (χ2v) is 11.6. The van der Waals surface area contributed by atoms with Gasteiger partial charge in [-0.25, -0.2) is 0 Å². The molecule has 0 radical (unpaired) electrons. The number of carbonyl (C=O) groups excluding carboxylic acids is 1. The maximum absolute atomic E-state index is 11.7. The highest BCUT2D eigenvalue weighted by Crippen LogP contribution is 2.38. The highest BCUT2D eigenvalue weighted by molar-refractivity contribution is 6.34. The van der Waals surface area contributed by atoms with E-state index in [1.54, 1.807) is 18.3 Å². The molecule has 8 nitrogen and oxygen atoms in total. The smallest absolute Gasteiger partial charge is 0.153 e. The summed E-state index contributed by atoms with van der Waals surface area (Å²) in [5.41, 5.74) is 4.91. The molecule has 0 bridgehead atoms. The lowest BCUT2D eigenvalue weighted by molar-refractivity contribution is 0.111. The first-order chi connectivity index (χ1) is 21.9. The lowest BCUT2D eigenvalue weighted by Gasteiger charge is -2.17. The summed E-state index contributed by atoms with van der Waals surface area (Å²) < 4.78 is 18.1. The van der Waals surface area contributed by atoms with Crippen LogP contribution in [-0.4, -0.2) is 53.6 Å². The van der Waals surface area contributed by atoms with Gasteiger partial charge in [0.1, 0.15) is 36.5 Å². The quantitative estimate of drug-likeness (QED) is 0.122. The van der Waals surface area contributed by atoms with Crippen molar-refractivity contribution in [1.82, 2.24) is 9.88 Å². The van der Waals surface area contributed by atoms with E-state index in [9.17, 15) is 9.90 Å². The number of β-amino-alcohol motifs (C(OH)–C–C–N with tert-alkyl or cyclic N) is 1. The summed E-state index contributed by atoms with van der Waals surface area (Å²) in [4.78, 5) is 18.0. The van der Waals surface area contributed by atoms with Gasteiger partial charge in [-0.1, -0.05) is 53.5 Å². The molecule has 0 aliphatic carbocycles. The minimum Gasteiger partial charge on any atom is -0.493 e. The maximum Gasteiger partial charge on any atom is 0.153 e. The number of aliphatic hydroxyl groups excluding tert-OH is 1. The first-order valence-corrected chi connectivity index (χ1v) is 15.4. The minimum atomic E-state index is -0.217. The molecule has 4 aromatic rings. The van der Waals surface area contributed by atoms with Gasteiger partial charge in [0.2, 0.25) is 0 Å². The molecule has 0 unspecified atom stereocenters. The van der Waals surface area contributed by atoms with E-state index in [-0.39, 0.29) is 35.7 Å². The standard InChI is InChI=1S/C35H33Cl2N3O5/c1-23-29(6-3-8-32(23)43-12-4-10-40-11-9-28(42)19-40)30-7-2-5-26(35(30)37)22-45-34-15-33(27(20-41)14-31(34)36)44-21-25-13-24(16-38)17-39-18-25/h2-3,5-8,13-15,17-18,20,28,42H,4,9-12,19,21-22H2,1H3/t28-/m1/s1. The number of pyridine rings is 1. The van der Waals surface area contributed by atoms with Gasteiger partial charge < -0.3 is 24.2 Å². The molecule has 3 aromatic carbocycles. The van der Waals surface area contributed by atoms with Gasteiger partial charge in [0.25, 0.3) is 0 Å². The summed E-state index contributed by atoms with van der Waals surface area (Å²) in [6, 6.07) is 18.5. The van der Waals surface area contributed by atoms with E-state index >= 15 is 0 Å². The molecule has 1 fully saturated rings. The van der Waals surface area contributed by atoms with Gasteiger partial charge in [0.15, 0.2) is 6.29 Å². The molecule has 0 amide bonds. The van der Waals surface area contributed by atoms with E-state index in [2.05, 4.69) is 9.88 Å². The number of carbonyl (C=O) groups is 1. The van der Waals surface area contributed by atoms with Crippen molar-refractivity contribution in [2.45, 2.75) is 39.1 Å². The number of aliphatic hydroxyl groups is 1. The molecule has 45 heavy (non-hydrogen) atoms. The molecule has 5 rings (SSSR count). The van der Waals surface area contributed by atoms with E-state index in [1.807, 2.05) is 49.4 Å². The molecule has 1 aliphatic heterocycles. The number of aromatic nitrogens is 1. The minimum absolute atomic E-state index is 0.100. The van der Waals surface area contributed by atoms with Gasteiger partial charge in [-0.15, -0.1) is 0 Å². The topological polar surface area (TPSA) is 105 Å². The molecule has 1 atom stereocenters. The van der Waals surface area contributed by atoms with Crippen molar-refractivity contribution >= 4 is 29.5 Å². The molecular formula is C35H33Cl2N3O5. The van der Waals surface area contributed by atoms with E-state index in [0.717, 1.165) is 60.5 Å². The number of rotatable bonds is 13. The Hall–Kier alpha value is -4.13. The van der Waals surface area contributed by atoms with Crippen molar-refractivity contribution < 1.29 is 24.1 Å². The predicted octanol–water partition coefficient (Wildman–Crippen LogP) is 7.04. The zero-order valence-electron chi connectivity index (χ0n) is 24.8. The number of ether oxygens (including phenoxy) is 3. The second kappa shape index (κ2) is 15.2. The van der Waals surface area contributed by atoms with Gasteiger partial charge in [-0.3, -0.25) is 9.78 Å². The summed E-state index contributed by atoms with van der Waals surface area (Å²) in [7, 11) is 0. The lowest BCUT2D eigenvalue weighted by Crippen LogP contribution is -2.24. The van der Waals surface area contributed by atoms with Crippen molar-refractivity contribution in [2.75, 3.05) is 26.2 Å². The Morgan fingerprint density at radius 1 is 1.02 bits per heavy atom. The Bertz CT molecular complexity index is 1710. The van der Waals surface area contributed by atoms with Gasteiger partial charge >= 0.3 is 0 Å². The summed E-state index contributed by atoms with van der Waals surface area (Å²) in [6.45, 7) is 5.38. The molecule has 2 heterocycles. The summed E-state index contributed by atoms with van der Waals surface area (Å²) >= 11 is 13.4. The number of nitrogens with zero attached hydrogens (tertiary/aromatic N) is 3. The number of benzene rings is 3. The number of hydrogen-bond donors (Lipinski definition) is 1. The van der Waals surface area contributed by atoms with E-state index < -0.39 is 0 Å². The normalized spacial score (nSPS) is 14.6. The van der Waals surface area contributed by atoms with Crippen LogP contribution in [0.15, 0.2) is 67.0 Å². The van der Waals surface area contributed by atoms with Gasteiger partial charge in [-0.05, 0) is 49.1 Å². The zero-order valence-corrected chi connectivity index (χ0v) is 26.4. The summed E-state index contributed by atoms with van der Waals surface area (Å²) in [5, 5.41) is 19.7. The molecule has 0 saturated carbocycles. The van der Waals surface area contributed by atoms with Crippen molar-refractivity contribution in [3.05, 3.63) is 105 Å². The molecule has 1 N–H and O–H groups in total. The Kier molecular flexibility index (Phi) is 10.9. The van der Waals surface area contributed by atoms with Crippen LogP contribution in [0.5, 0.6) is 17.2 Å². The zero-order chi connectivity index (χ0) is 31.8. The Balaban J connectivity index is 1.26. The van der Waals surface area contributed by atoms with Crippen LogP contribution in [0.4, 0.5) is 0 Å². The third kappa shape index (κ3) is 8.13. The number of likely N-dealkylation sites (tertiary alicyclic amines) is 1. The van der Waals surface area contributed by atoms with Gasteiger partial charge in [0.05, 0.1) is 33.9 Å². The third-order valence-electron chi connectivity index (χ3n) is 7.67. The average molecular weight is 647 g/mol. The van der Waals surface area contributed by atoms with Crippen LogP contribution in [0.25, 0.3) is 11.1 Å². The SMILES string of the molecule is Cc1c(OCCCN2CC[C@@H](O)C2)cccc1-c1cccc(COc2cc(OCc3cncc(C#N)c3)c(C=O)cc2Cl)c1Cl. The summed E-state index contributed by atoms with van der Waals surface area (Å²) in [6.07, 6.45) is 5.21. The lowest BCUT2D eigenvalue weighted by atomic mass is 9.98. The Labute approximate surface area is 272 Å². The third-order valence-corrected chi connectivity index (χ3v) is 8.41. The highest BCUT2D eigenvalue weighted by atomic mass is 35.5. The molecular weight excluding hydrogens is 613 g/mol. The van der Waals surface area contributed by atoms with Crippen LogP contribution < -0.4 is 14.2 Å². The van der Waals surface area contributed by atoms with Crippen LogP contribution in [0.1, 0.15) is 45.5 Å². The van der Waals surface area contributed by atoms with Crippen molar-refractivity contribution in [3.63, 3.8) is 0 Å². The van der Waals surface area contributed by atoms with E-state index in [4.69, 9.17) is 42.7 Å². The fraction of sp³-hybridized carbons (Fsp3) is 0.286. The van der Waals surface area contributed by atoms with E-state index in [1.165, 1.54) is 12.3 Å². The van der Waals surface area contributed by atoms with Crippen molar-refractivity contribution in [1.29, 1.82) is 5.26 Å². The first kappa shape index (κ1) is 32.3. The van der Waals surface area contributed by atoms with Crippen LogP contribution in [-0.2, 0) is 13.2 Å². The molecule has 0 spiro atoms. The monoisotopic (exact) mass is 645 g/mol. The number of nitriles is 1. The molecule has 1 aromatic heterocycles. The molecule has 10 heteroatoms. The van der Waals surface area contributed by atoms with Crippen molar-refractivity contribution in [3.8, 4) is 34.4 Å². The largest absolute Gasteiger partial charge is 0.493 e. The van der Waals surface area contributed by atoms with Crippen LogP contribution in [0.3, 0.4) is 0 Å².